The van der Waals surface area contributed by atoms with Gasteiger partial charge in [0.05, 0.1) is 17.9 Å². The fourth-order valence-electron chi connectivity index (χ4n) is 1.66. The number of aliphatic carboxylic acids is 4. The lowest BCUT2D eigenvalue weighted by Crippen LogP contribution is -2.20. The van der Waals surface area contributed by atoms with Crippen LogP contribution in [0.15, 0.2) is 17.4 Å². The molecule has 12 nitrogen and oxygen atoms in total. The van der Waals surface area contributed by atoms with Gasteiger partial charge < -0.3 is 20.4 Å². The van der Waals surface area contributed by atoms with E-state index in [2.05, 4.69) is 20.4 Å². The fraction of sp³-hybridized carbons (Fsp3) is 0.385. The van der Waals surface area contributed by atoms with Crippen molar-refractivity contribution in [3.63, 3.8) is 0 Å². The van der Waals surface area contributed by atoms with E-state index in [1.165, 1.54) is 23.5 Å². The smallest absolute Gasteiger partial charge is 0.317 e. The van der Waals surface area contributed by atoms with Crippen LogP contribution in [0.4, 0.5) is 0 Å². The monoisotopic (exact) mass is 544 g/mol. The number of hydrogen-bond donors (Lipinski definition) is 4. The van der Waals surface area contributed by atoms with E-state index in [4.69, 9.17) is 20.4 Å². The third kappa shape index (κ3) is 9.19. The van der Waals surface area contributed by atoms with Crippen molar-refractivity contribution in [2.24, 2.45) is 0 Å². The van der Waals surface area contributed by atoms with Crippen LogP contribution in [0, 0.1) is 0 Å². The van der Waals surface area contributed by atoms with Crippen LogP contribution < -0.4 is 0 Å². The minimum atomic E-state index is -1.24. The summed E-state index contributed by atoms with van der Waals surface area (Å²) in [6.07, 6.45) is -1.07. The second-order valence-corrected chi connectivity index (χ2v) is 12.8. The topological polar surface area (TPSA) is 201 Å². The molecule has 0 aliphatic carbocycles. The molecule has 168 valence electrons. The molecule has 0 aliphatic heterocycles. The number of hydrogen-bond acceptors (Lipinski definition) is 14. The van der Waals surface area contributed by atoms with Crippen molar-refractivity contribution >= 4 is 93.6 Å². The molecule has 2 aromatic heterocycles. The fourth-order valence-corrected chi connectivity index (χ4v) is 8.52. The normalized spacial score (nSPS) is 12.9. The molecule has 2 atom stereocenters. The van der Waals surface area contributed by atoms with Gasteiger partial charge in [0, 0.05) is 0 Å². The number of nitrogens with zero attached hydrogens (tertiary/aromatic N) is 4. The molecule has 0 saturated heterocycles. The van der Waals surface area contributed by atoms with Crippen LogP contribution in [-0.2, 0) is 19.2 Å². The molecule has 0 aliphatic rings. The molecule has 4 N–H and O–H groups in total. The number of aromatic nitrogens is 4. The molecule has 2 heterocycles. The Labute approximate surface area is 198 Å². The lowest BCUT2D eigenvalue weighted by Gasteiger charge is -2.05. The lowest BCUT2D eigenvalue weighted by atomic mass is 10.3. The molecule has 0 fully saturated rings. The molecule has 2 aromatic rings. The average Bonchev–Trinajstić information content (AvgIpc) is 3.29. The van der Waals surface area contributed by atoms with Crippen LogP contribution >= 0.6 is 69.7 Å². The van der Waals surface area contributed by atoms with Gasteiger partial charge in [-0.3, -0.25) is 19.2 Å². The van der Waals surface area contributed by atoms with Crippen molar-refractivity contribution in [3.05, 3.63) is 0 Å². The van der Waals surface area contributed by atoms with Gasteiger partial charge in [-0.2, -0.15) is 0 Å². The number of carboxylic acid groups (broad SMARTS) is 4. The molecule has 2 unspecified atom stereocenters. The largest absolute Gasteiger partial charge is 0.481 e. The standard InChI is InChI=1S/C13H12N4O8S6/c18-6(19)1-4(8(22)23)28-12-16-14-10(30-12)26-3-27-11-15-17-13(31-11)29-5(9(24)25)2-7(20)21/h4-5H,1-3H2,(H,18,19)(H,20,21)(H,22,23)(H,24,25). The van der Waals surface area contributed by atoms with E-state index in [0.717, 1.165) is 46.2 Å². The predicted molar refractivity (Wildman–Crippen MR) is 115 cm³/mol. The quantitative estimate of drug-likeness (QED) is 0.199. The van der Waals surface area contributed by atoms with Gasteiger partial charge in [0.1, 0.15) is 10.5 Å². The van der Waals surface area contributed by atoms with Crippen molar-refractivity contribution in [1.82, 2.24) is 20.4 Å². The summed E-state index contributed by atoms with van der Waals surface area (Å²) in [5.41, 5.74) is 0. The van der Waals surface area contributed by atoms with Gasteiger partial charge in [-0.25, -0.2) is 0 Å². The van der Waals surface area contributed by atoms with Crippen LogP contribution in [0.25, 0.3) is 0 Å². The summed E-state index contributed by atoms with van der Waals surface area (Å²) in [6, 6.07) is 0. The summed E-state index contributed by atoms with van der Waals surface area (Å²) in [7, 11) is 0. The van der Waals surface area contributed by atoms with E-state index in [1.807, 2.05) is 0 Å². The van der Waals surface area contributed by atoms with E-state index in [1.54, 1.807) is 0 Å². The minimum absolute atomic E-state index is 0.342. The third-order valence-electron chi connectivity index (χ3n) is 2.90. The first-order valence-electron chi connectivity index (χ1n) is 7.79. The first-order chi connectivity index (χ1) is 14.6. The Morgan fingerprint density at radius 2 is 1.03 bits per heavy atom. The Kier molecular flexibility index (Phi) is 10.3. The molecular formula is C13H12N4O8S6. The van der Waals surface area contributed by atoms with E-state index in [-0.39, 0.29) is 0 Å². The summed E-state index contributed by atoms with van der Waals surface area (Å²) in [5.74, 6) is -4.93. The van der Waals surface area contributed by atoms with E-state index >= 15 is 0 Å². The van der Waals surface area contributed by atoms with Gasteiger partial charge in [-0.05, 0) is 0 Å². The van der Waals surface area contributed by atoms with Gasteiger partial charge in [0.25, 0.3) is 0 Å². The zero-order chi connectivity index (χ0) is 23.0. The Balaban J connectivity index is 1.84. The summed E-state index contributed by atoms with van der Waals surface area (Å²) in [4.78, 5) is 43.7. The summed E-state index contributed by atoms with van der Waals surface area (Å²) in [6.45, 7) is 0. The highest BCUT2D eigenvalue weighted by Crippen LogP contribution is 2.37. The van der Waals surface area contributed by atoms with Crippen molar-refractivity contribution in [2.45, 2.75) is 40.7 Å². The maximum Gasteiger partial charge on any atom is 0.317 e. The Bertz CT molecular complexity index is 878. The SMILES string of the molecule is O=C(O)CC(Sc1nnc(SCSc2nnc(SC(CC(=O)O)C(=O)O)s2)s1)C(=O)O. The number of thioether (sulfide) groups is 4. The zero-order valence-electron chi connectivity index (χ0n) is 14.9. The minimum Gasteiger partial charge on any atom is -0.481 e. The first kappa shape index (κ1) is 25.7. The molecule has 0 saturated carbocycles. The molecule has 18 heteroatoms. The second-order valence-electron chi connectivity index (χ2n) is 5.16. The van der Waals surface area contributed by atoms with Gasteiger partial charge in [0.2, 0.25) is 0 Å². The number of carbonyl (C=O) groups is 4. The van der Waals surface area contributed by atoms with Gasteiger partial charge in [0.15, 0.2) is 17.4 Å². The molecule has 0 spiro atoms. The highest BCUT2D eigenvalue weighted by atomic mass is 32.2. The van der Waals surface area contributed by atoms with Gasteiger partial charge in [-0.15, -0.1) is 20.4 Å². The summed E-state index contributed by atoms with van der Waals surface area (Å²) in [5, 5.41) is 49.4. The average molecular weight is 545 g/mol. The molecule has 31 heavy (non-hydrogen) atoms. The predicted octanol–water partition coefficient (Wildman–Crippen LogP) is 2.27. The Morgan fingerprint density at radius 3 is 1.35 bits per heavy atom. The molecular weight excluding hydrogens is 533 g/mol. The van der Waals surface area contributed by atoms with Crippen LogP contribution in [0.3, 0.4) is 0 Å². The van der Waals surface area contributed by atoms with Crippen molar-refractivity contribution in [2.75, 3.05) is 5.08 Å². The van der Waals surface area contributed by atoms with Gasteiger partial charge >= 0.3 is 23.9 Å². The molecule has 0 bridgehead atoms. The summed E-state index contributed by atoms with van der Waals surface area (Å²) < 4.78 is 1.80. The number of rotatable bonds is 14. The molecule has 0 aromatic carbocycles. The summed E-state index contributed by atoms with van der Waals surface area (Å²) >= 11 is 6.55. The van der Waals surface area contributed by atoms with Crippen LogP contribution in [0.1, 0.15) is 12.8 Å². The van der Waals surface area contributed by atoms with E-state index in [9.17, 15) is 19.2 Å². The van der Waals surface area contributed by atoms with Crippen molar-refractivity contribution < 1.29 is 39.6 Å². The zero-order valence-corrected chi connectivity index (χ0v) is 19.8. The molecule has 2 rings (SSSR count). The van der Waals surface area contributed by atoms with Crippen LogP contribution in [0.5, 0.6) is 0 Å². The van der Waals surface area contributed by atoms with E-state index in [0.29, 0.717) is 22.4 Å². The molecule has 0 radical (unpaired) electrons. The van der Waals surface area contributed by atoms with Gasteiger partial charge in [-0.1, -0.05) is 69.7 Å². The second kappa shape index (κ2) is 12.4. The Morgan fingerprint density at radius 1 is 0.677 bits per heavy atom. The lowest BCUT2D eigenvalue weighted by molar-refractivity contribution is -0.142. The highest BCUT2D eigenvalue weighted by Gasteiger charge is 2.25. The van der Waals surface area contributed by atoms with Crippen molar-refractivity contribution in [1.29, 1.82) is 0 Å². The highest BCUT2D eigenvalue weighted by molar-refractivity contribution is 8.17. The molecule has 0 amide bonds. The van der Waals surface area contributed by atoms with Crippen LogP contribution in [0.2, 0.25) is 0 Å². The van der Waals surface area contributed by atoms with E-state index < -0.39 is 47.2 Å². The maximum absolute atomic E-state index is 11.1. The first-order valence-corrected chi connectivity index (χ1v) is 13.2. The maximum atomic E-state index is 11.1. The van der Waals surface area contributed by atoms with Crippen molar-refractivity contribution in [3.8, 4) is 0 Å². The Hall–Kier alpha value is -1.60. The number of carboxylic acids is 4. The van der Waals surface area contributed by atoms with Crippen LogP contribution in [-0.4, -0.2) is 80.3 Å². The third-order valence-corrected chi connectivity index (χ3v) is 9.68.